The summed E-state index contributed by atoms with van der Waals surface area (Å²) in [6.07, 6.45) is 3.01. The van der Waals surface area contributed by atoms with Gasteiger partial charge in [-0.25, -0.2) is 0 Å². The molecule has 1 saturated heterocycles. The average Bonchev–Trinajstić information content (AvgIpc) is 2.15. The Bertz CT molecular complexity index is 353. The largest absolute Gasteiger partial charge is 0.360 e. The number of rotatable bonds is 1. The predicted molar refractivity (Wildman–Crippen MR) is 73.2 cm³/mol. The summed E-state index contributed by atoms with van der Waals surface area (Å²) in [6, 6.07) is 0.932. The second-order valence-corrected chi connectivity index (χ2v) is 5.11. The smallest absolute Gasteiger partial charge is 0.170 e. The molecule has 0 saturated carbocycles. The van der Waals surface area contributed by atoms with Gasteiger partial charge < -0.3 is 21.3 Å². The molecule has 2 aliphatic heterocycles. The Morgan fingerprint density at radius 1 is 1.12 bits per heavy atom. The van der Waals surface area contributed by atoms with Crippen LogP contribution in [-0.4, -0.2) is 28.4 Å². The molecule has 0 radical (unpaired) electrons. The Balaban J connectivity index is 2.12. The first-order valence-electron chi connectivity index (χ1n) is 5.40. The minimum atomic E-state index is 0.249. The van der Waals surface area contributed by atoms with Crippen LogP contribution in [0.2, 0.25) is 0 Å². The third kappa shape index (κ3) is 2.44. The quantitative estimate of drug-likeness (QED) is 0.508. The lowest BCUT2D eigenvalue weighted by molar-refractivity contribution is 0.458. The summed E-state index contributed by atoms with van der Waals surface area (Å²) in [5, 5.41) is 14.1. The molecule has 0 bridgehead atoms. The van der Waals surface area contributed by atoms with Gasteiger partial charge in [-0.15, -0.1) is 0 Å². The highest BCUT2D eigenvalue weighted by Crippen LogP contribution is 2.17. The Kier molecular flexibility index (Phi) is 3.30. The lowest BCUT2D eigenvalue weighted by Crippen LogP contribution is -2.57. The van der Waals surface area contributed by atoms with Gasteiger partial charge in [0.2, 0.25) is 0 Å². The first kappa shape index (κ1) is 11.6. The van der Waals surface area contributed by atoms with Gasteiger partial charge in [0.15, 0.2) is 10.2 Å². The van der Waals surface area contributed by atoms with Gasteiger partial charge in [0.05, 0.1) is 12.1 Å². The molecule has 4 N–H and O–H groups in total. The SMILES string of the molecule is C[C@H]1C[C@H](C2=CNC(=S)N[C@@H]2C)NC(=S)N1. The number of nitrogens with one attached hydrogen (secondary N) is 4. The minimum absolute atomic E-state index is 0.249. The van der Waals surface area contributed by atoms with Crippen LogP contribution in [0.5, 0.6) is 0 Å². The van der Waals surface area contributed by atoms with Crippen LogP contribution in [0.15, 0.2) is 11.8 Å². The predicted octanol–water partition coefficient (Wildman–Crippen LogP) is 0.361. The maximum Gasteiger partial charge on any atom is 0.170 e. The summed E-state index contributed by atoms with van der Waals surface area (Å²) in [7, 11) is 0. The van der Waals surface area contributed by atoms with Crippen molar-refractivity contribution in [2.24, 2.45) is 0 Å². The van der Waals surface area contributed by atoms with Crippen molar-refractivity contribution in [1.82, 2.24) is 21.3 Å². The lowest BCUT2D eigenvalue weighted by Gasteiger charge is -2.36. The van der Waals surface area contributed by atoms with Crippen LogP contribution in [0.25, 0.3) is 0 Å². The first-order valence-corrected chi connectivity index (χ1v) is 6.22. The summed E-state index contributed by atoms with van der Waals surface area (Å²) in [5.41, 5.74) is 1.27. The Hall–Kier alpha value is -0.880. The van der Waals surface area contributed by atoms with E-state index in [0.717, 1.165) is 11.5 Å². The fourth-order valence-electron chi connectivity index (χ4n) is 2.11. The van der Waals surface area contributed by atoms with Crippen molar-refractivity contribution in [1.29, 1.82) is 0 Å². The van der Waals surface area contributed by atoms with Crippen LogP contribution in [0.1, 0.15) is 20.3 Å². The van der Waals surface area contributed by atoms with Crippen LogP contribution in [-0.2, 0) is 0 Å². The van der Waals surface area contributed by atoms with Gasteiger partial charge in [0, 0.05) is 12.2 Å². The highest BCUT2D eigenvalue weighted by Gasteiger charge is 2.28. The van der Waals surface area contributed by atoms with Crippen molar-refractivity contribution >= 4 is 34.7 Å². The summed E-state index contributed by atoms with van der Waals surface area (Å²) in [5.74, 6) is 0. The van der Waals surface area contributed by atoms with Crippen LogP contribution in [0, 0.1) is 0 Å². The Morgan fingerprint density at radius 3 is 2.50 bits per heavy atom. The van der Waals surface area contributed by atoms with E-state index >= 15 is 0 Å². The van der Waals surface area contributed by atoms with E-state index in [-0.39, 0.29) is 12.1 Å². The standard InChI is InChI=1S/C10H16N4S2/c1-5-3-8(14-10(16)12-5)7-4-11-9(15)13-6(7)2/h4-6,8H,3H2,1-2H3,(H2,11,13,15)(H2,12,14,16)/t5-,6+,8+/m0/s1. The monoisotopic (exact) mass is 256 g/mol. The normalized spacial score (nSPS) is 34.1. The average molecular weight is 256 g/mol. The molecular formula is C10H16N4S2. The molecule has 4 nitrogen and oxygen atoms in total. The van der Waals surface area contributed by atoms with E-state index in [1.54, 1.807) is 0 Å². The maximum absolute atomic E-state index is 5.17. The van der Waals surface area contributed by atoms with Crippen molar-refractivity contribution in [2.75, 3.05) is 0 Å². The van der Waals surface area contributed by atoms with Crippen molar-refractivity contribution in [3.05, 3.63) is 11.8 Å². The van der Waals surface area contributed by atoms with Gasteiger partial charge in [-0.05, 0) is 50.3 Å². The van der Waals surface area contributed by atoms with Crippen molar-refractivity contribution in [3.8, 4) is 0 Å². The van der Waals surface area contributed by atoms with Gasteiger partial charge in [0.25, 0.3) is 0 Å². The molecule has 1 fully saturated rings. The Labute approximate surface area is 106 Å². The maximum atomic E-state index is 5.17. The molecule has 0 unspecified atom stereocenters. The Morgan fingerprint density at radius 2 is 1.88 bits per heavy atom. The van der Waals surface area contributed by atoms with E-state index in [2.05, 4.69) is 35.1 Å². The summed E-state index contributed by atoms with van der Waals surface area (Å²) in [4.78, 5) is 0. The molecule has 2 heterocycles. The second-order valence-electron chi connectivity index (χ2n) is 4.29. The topological polar surface area (TPSA) is 48.1 Å². The van der Waals surface area contributed by atoms with Crippen LogP contribution in [0.3, 0.4) is 0 Å². The van der Waals surface area contributed by atoms with Crippen LogP contribution < -0.4 is 21.3 Å². The highest BCUT2D eigenvalue weighted by molar-refractivity contribution is 7.80. The summed E-state index contributed by atoms with van der Waals surface area (Å²) < 4.78 is 0. The number of hydrogen-bond donors (Lipinski definition) is 4. The van der Waals surface area contributed by atoms with Crippen LogP contribution >= 0.6 is 24.4 Å². The molecule has 0 spiro atoms. The van der Waals surface area contributed by atoms with Crippen molar-refractivity contribution in [2.45, 2.75) is 38.4 Å². The molecule has 3 atom stereocenters. The zero-order valence-electron chi connectivity index (χ0n) is 9.33. The van der Waals surface area contributed by atoms with Gasteiger partial charge in [0.1, 0.15) is 0 Å². The highest BCUT2D eigenvalue weighted by atomic mass is 32.1. The number of thiocarbonyl (C=S) groups is 2. The summed E-state index contributed by atoms with van der Waals surface area (Å²) in [6.45, 7) is 4.25. The minimum Gasteiger partial charge on any atom is -0.360 e. The van der Waals surface area contributed by atoms with Gasteiger partial charge in [-0.3, -0.25) is 0 Å². The van der Waals surface area contributed by atoms with Crippen molar-refractivity contribution < 1.29 is 0 Å². The third-order valence-corrected chi connectivity index (χ3v) is 3.36. The van der Waals surface area contributed by atoms with Gasteiger partial charge >= 0.3 is 0 Å². The fraction of sp³-hybridized carbons (Fsp3) is 0.600. The van der Waals surface area contributed by atoms with Gasteiger partial charge in [-0.1, -0.05) is 0 Å². The molecule has 0 aromatic carbocycles. The van der Waals surface area contributed by atoms with E-state index in [1.807, 2.05) is 6.20 Å². The molecule has 0 aliphatic carbocycles. The zero-order valence-corrected chi connectivity index (χ0v) is 11.0. The van der Waals surface area contributed by atoms with Crippen molar-refractivity contribution in [3.63, 3.8) is 0 Å². The third-order valence-electron chi connectivity index (χ3n) is 2.89. The second kappa shape index (κ2) is 4.55. The molecule has 2 rings (SSSR count). The molecule has 0 aromatic rings. The molecule has 16 heavy (non-hydrogen) atoms. The molecule has 88 valence electrons. The zero-order chi connectivity index (χ0) is 11.7. The molecular weight excluding hydrogens is 240 g/mol. The van der Waals surface area contributed by atoms with E-state index in [4.69, 9.17) is 24.4 Å². The van der Waals surface area contributed by atoms with Crippen LogP contribution in [0.4, 0.5) is 0 Å². The van der Waals surface area contributed by atoms with E-state index in [0.29, 0.717) is 11.2 Å². The van der Waals surface area contributed by atoms with E-state index in [1.165, 1.54) is 5.57 Å². The first-order chi connectivity index (χ1) is 7.56. The molecule has 2 aliphatic rings. The number of hydrogen-bond acceptors (Lipinski definition) is 2. The van der Waals surface area contributed by atoms with Gasteiger partial charge in [-0.2, -0.15) is 0 Å². The molecule has 0 aromatic heterocycles. The fourth-order valence-corrected chi connectivity index (χ4v) is 2.69. The van der Waals surface area contributed by atoms with E-state index < -0.39 is 0 Å². The summed E-state index contributed by atoms with van der Waals surface area (Å²) >= 11 is 10.2. The molecule has 0 amide bonds. The van der Waals surface area contributed by atoms with E-state index in [9.17, 15) is 0 Å². The lowest BCUT2D eigenvalue weighted by atomic mass is 9.93. The molecule has 6 heteroatoms.